The van der Waals surface area contributed by atoms with Crippen molar-refractivity contribution >= 4 is 29.9 Å². The molecule has 0 unspecified atom stereocenters. The minimum Gasteiger partial charge on any atom is -0.443 e. The molecule has 0 saturated carbocycles. The summed E-state index contributed by atoms with van der Waals surface area (Å²) >= 11 is 0. The van der Waals surface area contributed by atoms with E-state index < -0.39 is 0 Å². The van der Waals surface area contributed by atoms with Crippen LogP contribution in [0.15, 0.2) is 28.3 Å². The molecule has 0 amide bonds. The third-order valence-electron chi connectivity index (χ3n) is 3.26. The largest absolute Gasteiger partial charge is 0.443 e. The van der Waals surface area contributed by atoms with Gasteiger partial charge in [-0.05, 0) is 19.8 Å². The molecule has 1 heterocycles. The quantitative estimate of drug-likeness (QED) is 0.232. The molecule has 0 aromatic carbocycles. The lowest BCUT2D eigenvalue weighted by Gasteiger charge is -2.21. The molecule has 1 rings (SSSR count). The molecule has 6 heteroatoms. The molecule has 0 aliphatic rings. The fraction of sp³-hybridized carbons (Fsp3) is 0.647. The van der Waals surface area contributed by atoms with Crippen molar-refractivity contribution in [3.8, 4) is 0 Å². The van der Waals surface area contributed by atoms with Gasteiger partial charge in [0.05, 0.1) is 6.20 Å². The Morgan fingerprint density at radius 3 is 2.70 bits per heavy atom. The fourth-order valence-corrected chi connectivity index (χ4v) is 1.92. The molecular weight excluding hydrogens is 403 g/mol. The van der Waals surface area contributed by atoms with Gasteiger partial charge in [0.2, 0.25) is 5.89 Å². The summed E-state index contributed by atoms with van der Waals surface area (Å²) in [5, 5.41) is 3.30. The Hall–Kier alpha value is -1.05. The third-order valence-corrected chi connectivity index (χ3v) is 3.26. The fourth-order valence-electron chi connectivity index (χ4n) is 1.92. The van der Waals surface area contributed by atoms with Gasteiger partial charge in [-0.3, -0.25) is 0 Å². The highest BCUT2D eigenvalue weighted by Gasteiger charge is 2.19. The van der Waals surface area contributed by atoms with E-state index >= 15 is 0 Å². The minimum absolute atomic E-state index is 0. The zero-order valence-corrected chi connectivity index (χ0v) is 17.4. The smallest absolute Gasteiger partial charge is 0.216 e. The number of halogens is 1. The maximum atomic E-state index is 5.78. The van der Waals surface area contributed by atoms with Crippen LogP contribution in [0.1, 0.15) is 52.2 Å². The first-order valence-electron chi connectivity index (χ1n) is 7.94. The van der Waals surface area contributed by atoms with Crippen molar-refractivity contribution in [2.24, 2.45) is 4.99 Å². The second-order valence-electron chi connectivity index (χ2n) is 6.39. The first-order valence-corrected chi connectivity index (χ1v) is 7.94. The second-order valence-corrected chi connectivity index (χ2v) is 6.39. The Balaban J connectivity index is 0.00000484. The molecule has 0 spiro atoms. The molecule has 23 heavy (non-hydrogen) atoms. The van der Waals surface area contributed by atoms with Crippen LogP contribution >= 0.6 is 24.0 Å². The van der Waals surface area contributed by atoms with E-state index in [9.17, 15) is 0 Å². The molecular formula is C17H31IN4O. The summed E-state index contributed by atoms with van der Waals surface area (Å²) in [6.45, 7) is 14.4. The average molecular weight is 434 g/mol. The monoisotopic (exact) mass is 434 g/mol. The number of hydrogen-bond donors (Lipinski definition) is 1. The molecule has 0 aliphatic carbocycles. The number of rotatable bonds is 7. The Labute approximate surface area is 157 Å². The molecule has 0 aliphatic heterocycles. The van der Waals surface area contributed by atoms with Crippen molar-refractivity contribution in [3.63, 3.8) is 0 Å². The lowest BCUT2D eigenvalue weighted by molar-refractivity contribution is 0.382. The van der Waals surface area contributed by atoms with Crippen molar-refractivity contribution in [1.29, 1.82) is 0 Å². The normalized spacial score (nSPS) is 11.8. The summed E-state index contributed by atoms with van der Waals surface area (Å²) in [5.41, 5.74) is -0.0268. The van der Waals surface area contributed by atoms with E-state index in [1.54, 1.807) is 6.20 Å². The van der Waals surface area contributed by atoms with Gasteiger partial charge in [0.15, 0.2) is 5.96 Å². The van der Waals surface area contributed by atoms with Crippen LogP contribution in [0.25, 0.3) is 0 Å². The number of guanidine groups is 1. The number of hydrogen-bond acceptors (Lipinski definition) is 3. The van der Waals surface area contributed by atoms with Crippen LogP contribution in [-0.2, 0) is 12.0 Å². The van der Waals surface area contributed by atoms with Crippen LogP contribution in [0, 0.1) is 0 Å². The topological polar surface area (TPSA) is 53.7 Å². The lowest BCUT2D eigenvalue weighted by atomic mass is 9.94. The van der Waals surface area contributed by atoms with Crippen molar-refractivity contribution < 1.29 is 4.42 Å². The SMILES string of the molecule is C=CCCCN(C)C(=NCc1ncc(C(C)(C)C)o1)NCC.I. The van der Waals surface area contributed by atoms with Crippen molar-refractivity contribution in [1.82, 2.24) is 15.2 Å². The summed E-state index contributed by atoms with van der Waals surface area (Å²) in [6, 6.07) is 0. The highest BCUT2D eigenvalue weighted by Crippen LogP contribution is 2.22. The number of unbranched alkanes of at least 4 members (excludes halogenated alkanes) is 1. The van der Waals surface area contributed by atoms with Gasteiger partial charge in [-0.2, -0.15) is 0 Å². The Morgan fingerprint density at radius 2 is 2.17 bits per heavy atom. The highest BCUT2D eigenvalue weighted by molar-refractivity contribution is 14.0. The Kier molecular flexibility index (Phi) is 10.2. The van der Waals surface area contributed by atoms with Crippen LogP contribution in [0.5, 0.6) is 0 Å². The first-order chi connectivity index (χ1) is 10.4. The van der Waals surface area contributed by atoms with Crippen molar-refractivity contribution in [3.05, 3.63) is 30.5 Å². The predicted molar refractivity (Wildman–Crippen MR) is 107 cm³/mol. The molecule has 1 aromatic heterocycles. The maximum Gasteiger partial charge on any atom is 0.216 e. The van der Waals surface area contributed by atoms with Gasteiger partial charge in [-0.25, -0.2) is 9.98 Å². The summed E-state index contributed by atoms with van der Waals surface area (Å²) in [7, 11) is 2.04. The van der Waals surface area contributed by atoms with Gasteiger partial charge in [0.1, 0.15) is 12.3 Å². The van der Waals surface area contributed by atoms with E-state index in [4.69, 9.17) is 4.42 Å². The van der Waals surface area contributed by atoms with Crippen molar-refractivity contribution in [2.75, 3.05) is 20.1 Å². The van der Waals surface area contributed by atoms with E-state index in [1.807, 2.05) is 13.1 Å². The van der Waals surface area contributed by atoms with Crippen LogP contribution < -0.4 is 5.32 Å². The number of aliphatic imine (C=N–C) groups is 1. The Bertz CT molecular complexity index is 491. The standard InChI is InChI=1S/C17H30N4O.HI/c1-7-9-10-11-21(6)16(18-8-2)20-13-15-19-12-14(22-15)17(3,4)5;/h7,12H,1,8-11,13H2,2-6H3,(H,18,20);1H. The van der Waals surface area contributed by atoms with Crippen molar-refractivity contribution in [2.45, 2.75) is 52.5 Å². The van der Waals surface area contributed by atoms with Gasteiger partial charge in [-0.1, -0.05) is 26.8 Å². The highest BCUT2D eigenvalue weighted by atomic mass is 127. The molecule has 1 aromatic rings. The summed E-state index contributed by atoms with van der Waals surface area (Å²) in [5.74, 6) is 2.42. The lowest BCUT2D eigenvalue weighted by Crippen LogP contribution is -2.39. The molecule has 0 radical (unpaired) electrons. The van der Waals surface area contributed by atoms with Gasteiger partial charge in [0, 0.05) is 25.6 Å². The van der Waals surface area contributed by atoms with Crippen LogP contribution in [0.2, 0.25) is 0 Å². The van der Waals surface area contributed by atoms with E-state index in [-0.39, 0.29) is 29.4 Å². The Morgan fingerprint density at radius 1 is 1.48 bits per heavy atom. The average Bonchev–Trinajstić information content (AvgIpc) is 2.92. The van der Waals surface area contributed by atoms with Crippen LogP contribution in [0.3, 0.4) is 0 Å². The number of oxazole rings is 1. The van der Waals surface area contributed by atoms with E-state index in [0.717, 1.165) is 37.7 Å². The zero-order valence-electron chi connectivity index (χ0n) is 15.1. The van der Waals surface area contributed by atoms with E-state index in [0.29, 0.717) is 12.4 Å². The second kappa shape index (κ2) is 10.7. The number of nitrogens with one attached hydrogen (secondary N) is 1. The summed E-state index contributed by atoms with van der Waals surface area (Å²) in [4.78, 5) is 11.0. The molecule has 132 valence electrons. The third kappa shape index (κ3) is 7.85. The maximum absolute atomic E-state index is 5.78. The van der Waals surface area contributed by atoms with E-state index in [1.165, 1.54) is 0 Å². The minimum atomic E-state index is -0.0268. The zero-order chi connectivity index (χ0) is 16.6. The van der Waals surface area contributed by atoms with E-state index in [2.05, 4.69) is 54.5 Å². The predicted octanol–water partition coefficient (Wildman–Crippen LogP) is 3.95. The molecule has 1 N–H and O–H groups in total. The van der Waals surface area contributed by atoms with Crippen LogP contribution in [-0.4, -0.2) is 36.0 Å². The van der Waals surface area contributed by atoms with Crippen LogP contribution in [0.4, 0.5) is 0 Å². The number of aromatic nitrogens is 1. The number of nitrogens with zero attached hydrogens (tertiary/aromatic N) is 3. The van der Waals surface area contributed by atoms with Gasteiger partial charge in [0.25, 0.3) is 0 Å². The first kappa shape index (κ1) is 21.9. The summed E-state index contributed by atoms with van der Waals surface area (Å²) < 4.78 is 5.78. The molecule has 0 bridgehead atoms. The van der Waals surface area contributed by atoms with Gasteiger partial charge >= 0.3 is 0 Å². The van der Waals surface area contributed by atoms with Gasteiger partial charge in [-0.15, -0.1) is 30.6 Å². The molecule has 5 nitrogen and oxygen atoms in total. The molecule has 0 saturated heterocycles. The van der Waals surface area contributed by atoms with Gasteiger partial charge < -0.3 is 14.6 Å². The summed E-state index contributed by atoms with van der Waals surface area (Å²) in [6.07, 6.45) is 5.82. The molecule has 0 fully saturated rings. The number of allylic oxidation sites excluding steroid dienone is 1. The molecule has 0 atom stereocenters.